The summed E-state index contributed by atoms with van der Waals surface area (Å²) in [7, 11) is 0. The minimum Gasteiger partial charge on any atom is -0.462 e. The van der Waals surface area contributed by atoms with Crippen LogP contribution in [-0.4, -0.2) is 52.2 Å². The van der Waals surface area contributed by atoms with Gasteiger partial charge in [0.2, 0.25) is 5.91 Å². The van der Waals surface area contributed by atoms with Gasteiger partial charge in [0.15, 0.2) is 10.3 Å². The molecular formula is C40H56Br2N4O7S2. The van der Waals surface area contributed by atoms with Crippen LogP contribution >= 0.6 is 54.5 Å². The molecule has 0 aliphatic rings. The van der Waals surface area contributed by atoms with Crippen LogP contribution in [0.25, 0.3) is 20.4 Å². The number of aryl methyl sites for hydroxylation is 2. The van der Waals surface area contributed by atoms with Gasteiger partial charge in [-0.25, -0.2) is 9.97 Å². The third-order valence-electron chi connectivity index (χ3n) is 7.63. The molecule has 0 aliphatic heterocycles. The lowest BCUT2D eigenvalue weighted by atomic mass is 9.97. The Morgan fingerprint density at radius 2 is 1.09 bits per heavy atom. The van der Waals surface area contributed by atoms with Gasteiger partial charge in [-0.05, 0) is 152 Å². The normalized spacial score (nSPS) is 13.6. The zero-order valence-corrected chi connectivity index (χ0v) is 39.4. The van der Waals surface area contributed by atoms with Crippen molar-refractivity contribution >= 4 is 103 Å². The number of nitrogens with one attached hydrogen (secondary N) is 1. The minimum absolute atomic E-state index is 0.107. The van der Waals surface area contributed by atoms with Crippen molar-refractivity contribution in [3.8, 4) is 0 Å². The van der Waals surface area contributed by atoms with Crippen LogP contribution in [0.1, 0.15) is 124 Å². The number of nitrogens with two attached hydrogens (primary N) is 1. The number of thiazole rings is 2. The summed E-state index contributed by atoms with van der Waals surface area (Å²) in [6.45, 7) is 28.5. The quantitative estimate of drug-likeness (QED) is 0.155. The smallest absolute Gasteiger partial charge is 0.311 e. The highest BCUT2D eigenvalue weighted by molar-refractivity contribution is 9.11. The number of carbonyl (C=O) groups excluding carboxylic acids is 3. The van der Waals surface area contributed by atoms with Crippen molar-refractivity contribution in [3.05, 3.63) is 43.3 Å². The third kappa shape index (κ3) is 13.2. The molecule has 2 heterocycles. The molecule has 4 rings (SSSR count). The van der Waals surface area contributed by atoms with Crippen LogP contribution in [0.3, 0.4) is 0 Å². The highest BCUT2D eigenvalue weighted by Gasteiger charge is 2.32. The summed E-state index contributed by atoms with van der Waals surface area (Å²) in [4.78, 5) is 44.8. The zero-order valence-electron chi connectivity index (χ0n) is 34.6. The Labute approximate surface area is 350 Å². The summed E-state index contributed by atoms with van der Waals surface area (Å²) < 4.78 is 27.3. The van der Waals surface area contributed by atoms with Crippen molar-refractivity contribution in [2.75, 3.05) is 24.3 Å². The van der Waals surface area contributed by atoms with E-state index >= 15 is 0 Å². The van der Waals surface area contributed by atoms with Crippen LogP contribution in [0.4, 0.5) is 10.3 Å². The topological polar surface area (TPSA) is 152 Å². The summed E-state index contributed by atoms with van der Waals surface area (Å²) in [6.07, 6.45) is -0.852. The Balaban J connectivity index is 0.000000297. The van der Waals surface area contributed by atoms with Gasteiger partial charge in [0.1, 0.15) is 25.4 Å². The van der Waals surface area contributed by atoms with Gasteiger partial charge in [-0.15, -0.1) is 0 Å². The minimum atomic E-state index is -0.590. The third-order valence-corrected chi connectivity index (χ3v) is 11.7. The maximum absolute atomic E-state index is 12.3. The molecule has 15 heteroatoms. The van der Waals surface area contributed by atoms with Crippen LogP contribution in [0, 0.1) is 24.7 Å². The number of hydrogen-bond donors (Lipinski definition) is 2. The van der Waals surface area contributed by atoms with Crippen molar-refractivity contribution in [2.45, 2.75) is 127 Å². The lowest BCUT2D eigenvalue weighted by Crippen LogP contribution is -2.30. The summed E-state index contributed by atoms with van der Waals surface area (Å²) in [5.41, 5.74) is 9.36. The Bertz CT molecular complexity index is 2030. The molecule has 2 aromatic carbocycles. The molecule has 0 radical (unpaired) electrons. The number of hydrogen-bond acceptors (Lipinski definition) is 12. The molecule has 0 unspecified atom stereocenters. The van der Waals surface area contributed by atoms with Crippen molar-refractivity contribution in [3.63, 3.8) is 0 Å². The van der Waals surface area contributed by atoms with E-state index in [-0.39, 0.29) is 31.1 Å². The van der Waals surface area contributed by atoms with E-state index < -0.39 is 34.2 Å². The zero-order chi connectivity index (χ0) is 42.0. The second kappa shape index (κ2) is 17.8. The van der Waals surface area contributed by atoms with Gasteiger partial charge in [0, 0.05) is 27.0 Å². The first-order valence-electron chi connectivity index (χ1n) is 17.9. The Morgan fingerprint density at radius 1 is 0.709 bits per heavy atom. The first-order valence-corrected chi connectivity index (χ1v) is 21.1. The number of nitrogen functional groups attached to an aromatic ring is 1. The van der Waals surface area contributed by atoms with Crippen LogP contribution in [0.15, 0.2) is 21.1 Å². The molecule has 3 N–H and O–H groups in total. The first kappa shape index (κ1) is 46.7. The summed E-state index contributed by atoms with van der Waals surface area (Å²) in [6, 6.07) is 3.95. The van der Waals surface area contributed by atoms with E-state index in [4.69, 9.17) is 24.7 Å². The van der Waals surface area contributed by atoms with Crippen LogP contribution in [0.5, 0.6) is 0 Å². The number of rotatable bonds is 9. The molecule has 55 heavy (non-hydrogen) atoms. The number of ether oxygens (including phenoxy) is 4. The molecule has 0 saturated carbocycles. The average Bonchev–Trinajstić information content (AvgIpc) is 3.57. The predicted molar refractivity (Wildman–Crippen MR) is 231 cm³/mol. The number of anilines is 2. The Kier molecular flexibility index (Phi) is 15.1. The van der Waals surface area contributed by atoms with Crippen LogP contribution in [-0.2, 0) is 33.3 Å². The summed E-state index contributed by atoms with van der Waals surface area (Å²) in [5, 5.41) is 3.79. The van der Waals surface area contributed by atoms with E-state index in [2.05, 4.69) is 47.1 Å². The monoisotopic (exact) mass is 926 g/mol. The second-order valence-corrected chi connectivity index (χ2v) is 21.0. The molecule has 304 valence electrons. The number of fused-ring (bicyclic) bond motifs is 2. The maximum atomic E-state index is 12.3. The summed E-state index contributed by atoms with van der Waals surface area (Å²) in [5.74, 6) is -0.697. The predicted octanol–water partition coefficient (Wildman–Crippen LogP) is 11.2. The number of nitrogens with zero attached hydrogens (tertiary/aromatic N) is 2. The van der Waals surface area contributed by atoms with E-state index in [1.807, 2.05) is 109 Å². The van der Waals surface area contributed by atoms with E-state index in [1.54, 1.807) is 0 Å². The van der Waals surface area contributed by atoms with Crippen molar-refractivity contribution in [1.29, 1.82) is 0 Å². The number of aromatic nitrogens is 2. The van der Waals surface area contributed by atoms with Gasteiger partial charge in [-0.3, -0.25) is 14.4 Å². The SMILES string of the molecule is CC(=O)Nc1nc2cc(C)c([C@@H](COC(=O)C(C)(C)C)OC(C)(C)C)c(Br)c2s1.Cc1cc2nc(N)sc2c(Br)c1[C@@H](COC(=O)C(C)(C)C)OC(C)(C)C. The second-order valence-electron chi connectivity index (χ2n) is 17.4. The number of esters is 2. The van der Waals surface area contributed by atoms with Gasteiger partial charge >= 0.3 is 11.9 Å². The maximum Gasteiger partial charge on any atom is 0.311 e. The van der Waals surface area contributed by atoms with E-state index in [1.165, 1.54) is 29.6 Å². The van der Waals surface area contributed by atoms with Crippen LogP contribution in [0.2, 0.25) is 0 Å². The van der Waals surface area contributed by atoms with Gasteiger partial charge in [0.25, 0.3) is 0 Å². The van der Waals surface area contributed by atoms with Gasteiger partial charge in [-0.2, -0.15) is 0 Å². The molecule has 0 aliphatic carbocycles. The van der Waals surface area contributed by atoms with Gasteiger partial charge < -0.3 is 30.0 Å². The molecule has 0 bridgehead atoms. The van der Waals surface area contributed by atoms with Crippen molar-refractivity contribution in [2.24, 2.45) is 10.8 Å². The molecule has 2 aromatic heterocycles. The van der Waals surface area contributed by atoms with Gasteiger partial charge in [0.05, 0.1) is 42.5 Å². The molecule has 11 nitrogen and oxygen atoms in total. The highest BCUT2D eigenvalue weighted by Crippen LogP contribution is 2.42. The molecule has 2 atom stereocenters. The fourth-order valence-electron chi connectivity index (χ4n) is 5.28. The molecule has 1 amide bonds. The fraction of sp³-hybridized carbons (Fsp3) is 0.575. The molecule has 4 aromatic rings. The van der Waals surface area contributed by atoms with E-state index in [0.29, 0.717) is 10.3 Å². The summed E-state index contributed by atoms with van der Waals surface area (Å²) >= 11 is 10.2. The number of amides is 1. The standard InChI is InChI=1S/C21H29BrN2O4S.C19H27BrN2O3S/c1-11-9-13-17(29-19(24-13)23-12(2)25)16(22)15(11)14(28-21(6,7)8)10-27-18(26)20(3,4)5;1-10-8-11-15(26-17(21)22-11)14(20)13(10)12(25-19(5,6)7)9-24-16(23)18(2,3)4/h9,14H,10H2,1-8H3,(H,23,24,25);8,12H,9H2,1-7H3,(H2,21,22)/t14-;12-/m11/s1. The van der Waals surface area contributed by atoms with E-state index in [0.717, 1.165) is 51.6 Å². The largest absolute Gasteiger partial charge is 0.462 e. The number of benzene rings is 2. The van der Waals surface area contributed by atoms with Crippen LogP contribution < -0.4 is 11.1 Å². The molecule has 0 fully saturated rings. The lowest BCUT2D eigenvalue weighted by molar-refractivity contribution is -0.162. The average molecular weight is 929 g/mol. The number of carbonyl (C=O) groups is 3. The molecular weight excluding hydrogens is 872 g/mol. The van der Waals surface area contributed by atoms with Crippen molar-refractivity contribution < 1.29 is 33.3 Å². The Hall–Kier alpha value is -2.69. The van der Waals surface area contributed by atoms with Crippen molar-refractivity contribution in [1.82, 2.24) is 9.97 Å². The highest BCUT2D eigenvalue weighted by atomic mass is 79.9. The lowest BCUT2D eigenvalue weighted by Gasteiger charge is -2.30. The van der Waals surface area contributed by atoms with Gasteiger partial charge in [-0.1, -0.05) is 22.7 Å². The van der Waals surface area contributed by atoms with E-state index in [9.17, 15) is 14.4 Å². The molecule has 0 spiro atoms. The number of halogens is 2. The Morgan fingerprint density at radius 3 is 1.45 bits per heavy atom. The first-order chi connectivity index (χ1) is 25.0. The fourth-order valence-corrected chi connectivity index (χ4v) is 9.01. The molecule has 0 saturated heterocycles.